The van der Waals surface area contributed by atoms with Crippen molar-refractivity contribution in [1.82, 2.24) is 15.1 Å². The molecule has 1 aromatic heterocycles. The van der Waals surface area contributed by atoms with E-state index in [1.165, 1.54) is 0 Å². The van der Waals surface area contributed by atoms with E-state index in [9.17, 15) is 4.79 Å². The molecule has 0 aliphatic rings. The van der Waals surface area contributed by atoms with Gasteiger partial charge in [-0.2, -0.15) is 5.10 Å². The summed E-state index contributed by atoms with van der Waals surface area (Å²) in [6.07, 6.45) is 0.924. The van der Waals surface area contributed by atoms with Crippen LogP contribution in [0.2, 0.25) is 0 Å². The molecule has 1 unspecified atom stereocenters. The predicted molar refractivity (Wildman–Crippen MR) is 70.2 cm³/mol. The van der Waals surface area contributed by atoms with E-state index in [0.29, 0.717) is 13.2 Å². The number of carbonyl (C=O) groups is 1. The number of hydrogen-bond donors (Lipinski definition) is 1. The second kappa shape index (κ2) is 7.16. The van der Waals surface area contributed by atoms with Crippen molar-refractivity contribution in [3.8, 4) is 0 Å². The van der Waals surface area contributed by atoms with Gasteiger partial charge in [-0.25, -0.2) is 0 Å². The zero-order valence-electron chi connectivity index (χ0n) is 11.7. The minimum Gasteiger partial charge on any atom is -0.465 e. The molecule has 1 heterocycles. The van der Waals surface area contributed by atoms with Gasteiger partial charge in [-0.05, 0) is 33.3 Å². The van der Waals surface area contributed by atoms with E-state index in [0.717, 1.165) is 24.4 Å². The summed E-state index contributed by atoms with van der Waals surface area (Å²) in [5.74, 6) is -0.212. The number of rotatable bonds is 7. The molecule has 1 N–H and O–H groups in total. The first-order valence-corrected chi connectivity index (χ1v) is 6.57. The molecule has 5 nitrogen and oxygen atoms in total. The Morgan fingerprint density at radius 1 is 1.50 bits per heavy atom. The highest BCUT2D eigenvalue weighted by atomic mass is 16.5. The normalized spacial score (nSPS) is 12.4. The Morgan fingerprint density at radius 2 is 2.22 bits per heavy atom. The Morgan fingerprint density at radius 3 is 2.78 bits per heavy atom. The van der Waals surface area contributed by atoms with Crippen LogP contribution in [-0.4, -0.2) is 28.4 Å². The molecule has 0 saturated carbocycles. The van der Waals surface area contributed by atoms with Gasteiger partial charge in [-0.3, -0.25) is 14.8 Å². The third-order valence-corrected chi connectivity index (χ3v) is 2.81. The van der Waals surface area contributed by atoms with E-state index in [4.69, 9.17) is 4.74 Å². The van der Waals surface area contributed by atoms with Crippen LogP contribution in [0.3, 0.4) is 0 Å². The smallest absolute Gasteiger partial charge is 0.322 e. The van der Waals surface area contributed by atoms with Gasteiger partial charge in [0.2, 0.25) is 0 Å². The summed E-state index contributed by atoms with van der Waals surface area (Å²) in [4.78, 5) is 11.5. The molecule has 0 saturated heterocycles. The van der Waals surface area contributed by atoms with E-state index < -0.39 is 0 Å². The Kier molecular flexibility index (Phi) is 5.85. The molecule has 5 heteroatoms. The molecule has 0 aliphatic heterocycles. The van der Waals surface area contributed by atoms with Crippen molar-refractivity contribution in [3.63, 3.8) is 0 Å². The first-order chi connectivity index (χ1) is 8.62. The summed E-state index contributed by atoms with van der Waals surface area (Å²) in [6, 6.07) is 1.78. The lowest BCUT2D eigenvalue weighted by Gasteiger charge is -2.12. The lowest BCUT2D eigenvalue weighted by molar-refractivity contribution is -0.145. The number of hydrogen-bond acceptors (Lipinski definition) is 4. The van der Waals surface area contributed by atoms with E-state index in [-0.39, 0.29) is 12.0 Å². The molecule has 1 rings (SSSR count). The number of carbonyl (C=O) groups excluding carboxylic acids is 1. The number of nitrogens with zero attached hydrogens (tertiary/aromatic N) is 2. The molecule has 18 heavy (non-hydrogen) atoms. The molecular weight excluding hydrogens is 230 g/mol. The zero-order chi connectivity index (χ0) is 13.5. The maximum absolute atomic E-state index is 11.5. The second-order valence-electron chi connectivity index (χ2n) is 4.15. The zero-order valence-corrected chi connectivity index (χ0v) is 11.7. The highest BCUT2D eigenvalue weighted by Crippen LogP contribution is 2.06. The van der Waals surface area contributed by atoms with E-state index in [1.54, 1.807) is 0 Å². The molecule has 0 radical (unpaired) electrons. The molecule has 102 valence electrons. The molecule has 0 fully saturated rings. The van der Waals surface area contributed by atoms with Gasteiger partial charge in [0.15, 0.2) is 0 Å². The largest absolute Gasteiger partial charge is 0.465 e. The van der Waals surface area contributed by atoms with Crippen molar-refractivity contribution in [2.24, 2.45) is 0 Å². The topological polar surface area (TPSA) is 56.1 Å². The summed E-state index contributed by atoms with van der Waals surface area (Å²) in [5, 5.41) is 7.63. The lowest BCUT2D eigenvalue weighted by Crippen LogP contribution is -2.35. The van der Waals surface area contributed by atoms with Crippen LogP contribution in [0.4, 0.5) is 0 Å². The quantitative estimate of drug-likeness (QED) is 0.748. The van der Waals surface area contributed by atoms with Crippen LogP contribution < -0.4 is 5.32 Å². The third kappa shape index (κ3) is 3.84. The number of aromatic nitrogens is 2. The van der Waals surface area contributed by atoms with Crippen LogP contribution in [0.25, 0.3) is 0 Å². The minimum absolute atomic E-state index is 0.212. The van der Waals surface area contributed by atoms with Gasteiger partial charge in [0.25, 0.3) is 0 Å². The highest BCUT2D eigenvalue weighted by molar-refractivity contribution is 5.75. The van der Waals surface area contributed by atoms with Crippen LogP contribution in [0.5, 0.6) is 0 Å². The molecule has 0 aromatic carbocycles. The first-order valence-electron chi connectivity index (χ1n) is 6.57. The third-order valence-electron chi connectivity index (χ3n) is 2.81. The second-order valence-corrected chi connectivity index (χ2v) is 4.15. The van der Waals surface area contributed by atoms with Crippen molar-refractivity contribution in [2.75, 3.05) is 6.61 Å². The van der Waals surface area contributed by atoms with Gasteiger partial charge in [-0.1, -0.05) is 6.92 Å². The highest BCUT2D eigenvalue weighted by Gasteiger charge is 2.14. The molecule has 0 bridgehead atoms. The van der Waals surface area contributed by atoms with Crippen LogP contribution in [-0.2, 0) is 29.0 Å². The van der Waals surface area contributed by atoms with Crippen molar-refractivity contribution >= 4 is 5.97 Å². The average molecular weight is 253 g/mol. The fourth-order valence-corrected chi connectivity index (χ4v) is 1.71. The summed E-state index contributed by atoms with van der Waals surface area (Å²) in [7, 11) is 0. The van der Waals surface area contributed by atoms with Crippen molar-refractivity contribution in [1.29, 1.82) is 0 Å². The van der Waals surface area contributed by atoms with Gasteiger partial charge in [-0.15, -0.1) is 0 Å². The Bertz CT molecular complexity index is 388. The van der Waals surface area contributed by atoms with E-state index in [2.05, 4.69) is 30.3 Å². The van der Waals surface area contributed by atoms with Crippen molar-refractivity contribution in [2.45, 2.75) is 53.2 Å². The summed E-state index contributed by atoms with van der Waals surface area (Å²) < 4.78 is 6.91. The van der Waals surface area contributed by atoms with Gasteiger partial charge in [0.05, 0.1) is 18.0 Å². The predicted octanol–water partition coefficient (Wildman–Crippen LogP) is 1.51. The van der Waals surface area contributed by atoms with Crippen LogP contribution in [0.1, 0.15) is 39.1 Å². The molecule has 0 aliphatic carbocycles. The fourth-order valence-electron chi connectivity index (χ4n) is 1.71. The number of nitrogens with one attached hydrogen (secondary N) is 1. The van der Waals surface area contributed by atoms with Crippen molar-refractivity contribution < 1.29 is 9.53 Å². The standard InChI is InChI=1S/C13H23N3O2/c1-5-11-8-12(16(6-2)15-11)9-14-10(4)13(17)18-7-3/h8,10,14H,5-7,9H2,1-4H3. The maximum Gasteiger partial charge on any atom is 0.322 e. The summed E-state index contributed by atoms with van der Waals surface area (Å²) in [6.45, 7) is 9.64. The van der Waals surface area contributed by atoms with Gasteiger partial charge in [0, 0.05) is 13.1 Å². The Labute approximate surface area is 109 Å². The number of aryl methyl sites for hydroxylation is 2. The van der Waals surface area contributed by atoms with Crippen LogP contribution in [0.15, 0.2) is 6.07 Å². The maximum atomic E-state index is 11.5. The monoisotopic (exact) mass is 253 g/mol. The summed E-state index contributed by atoms with van der Waals surface area (Å²) >= 11 is 0. The first kappa shape index (κ1) is 14.7. The number of ether oxygens (including phenoxy) is 1. The average Bonchev–Trinajstić information content (AvgIpc) is 2.78. The van der Waals surface area contributed by atoms with E-state index >= 15 is 0 Å². The number of esters is 1. The molecular formula is C13H23N3O2. The van der Waals surface area contributed by atoms with Gasteiger partial charge < -0.3 is 4.74 Å². The lowest BCUT2D eigenvalue weighted by atomic mass is 10.3. The SMILES string of the molecule is CCOC(=O)C(C)NCc1cc(CC)nn1CC. The Hall–Kier alpha value is -1.36. The van der Waals surface area contributed by atoms with Crippen molar-refractivity contribution in [3.05, 3.63) is 17.5 Å². The fraction of sp³-hybridized carbons (Fsp3) is 0.692. The molecule has 0 spiro atoms. The summed E-state index contributed by atoms with van der Waals surface area (Å²) in [5.41, 5.74) is 2.18. The molecule has 1 aromatic rings. The van der Waals surface area contributed by atoms with Crippen LogP contribution in [0, 0.1) is 0 Å². The Balaban J connectivity index is 2.57. The van der Waals surface area contributed by atoms with E-state index in [1.807, 2.05) is 18.5 Å². The molecule has 0 amide bonds. The molecule has 1 atom stereocenters. The van der Waals surface area contributed by atoms with Gasteiger partial charge >= 0.3 is 5.97 Å². The van der Waals surface area contributed by atoms with Gasteiger partial charge in [0.1, 0.15) is 6.04 Å². The minimum atomic E-state index is -0.296. The van der Waals surface area contributed by atoms with Crippen LogP contribution >= 0.6 is 0 Å².